The molecule has 0 atom stereocenters. The molecule has 0 unspecified atom stereocenters. The number of benzene rings is 1. The first-order valence-electron chi connectivity index (χ1n) is 5.22. The number of amides is 1. The summed E-state index contributed by atoms with van der Waals surface area (Å²) < 4.78 is 0. The fraction of sp³-hybridized carbons (Fsp3) is 0.417. The van der Waals surface area contributed by atoms with Gasteiger partial charge in [-0.1, -0.05) is 0 Å². The number of rotatable bonds is 3. The summed E-state index contributed by atoms with van der Waals surface area (Å²) in [5, 5.41) is 0. The van der Waals surface area contributed by atoms with E-state index >= 15 is 0 Å². The van der Waals surface area contributed by atoms with E-state index in [4.69, 9.17) is 5.73 Å². The van der Waals surface area contributed by atoms with Crippen LogP contribution in [0.2, 0.25) is 0 Å². The number of nitrogens with two attached hydrogens (primary N) is 1. The number of nitrogen functional groups attached to an aromatic ring is 1. The van der Waals surface area contributed by atoms with Gasteiger partial charge in [0.1, 0.15) is 0 Å². The van der Waals surface area contributed by atoms with Crippen molar-refractivity contribution in [1.29, 1.82) is 0 Å². The van der Waals surface area contributed by atoms with E-state index in [-0.39, 0.29) is 24.4 Å². The van der Waals surface area contributed by atoms with Gasteiger partial charge in [-0.25, -0.2) is 0 Å². The summed E-state index contributed by atoms with van der Waals surface area (Å²) in [6.07, 6.45) is 0. The minimum atomic E-state index is 0. The van der Waals surface area contributed by atoms with E-state index in [0.717, 1.165) is 6.54 Å². The lowest BCUT2D eigenvalue weighted by Gasteiger charge is -2.25. The predicted molar refractivity (Wildman–Crippen MR) is 69.9 cm³/mol. The van der Waals surface area contributed by atoms with Gasteiger partial charge in [-0.2, -0.15) is 0 Å². The summed E-state index contributed by atoms with van der Waals surface area (Å²) in [4.78, 5) is 13.8. The summed E-state index contributed by atoms with van der Waals surface area (Å²) in [6, 6.07) is 7.26. The minimum absolute atomic E-state index is 0. The SMILES string of the molecule is CCN(C(=O)c1ccc(N)cc1)C(C)C.Cl. The molecule has 1 aromatic carbocycles. The van der Waals surface area contributed by atoms with Crippen LogP contribution in [0, 0.1) is 0 Å². The van der Waals surface area contributed by atoms with Crippen molar-refractivity contribution >= 4 is 24.0 Å². The Balaban J connectivity index is 0.00000225. The van der Waals surface area contributed by atoms with Crippen molar-refractivity contribution in [3.63, 3.8) is 0 Å². The standard InChI is InChI=1S/C12H18N2O.ClH/c1-4-14(9(2)3)12(15)10-5-7-11(13)8-6-10;/h5-9H,4,13H2,1-3H3;1H. The largest absolute Gasteiger partial charge is 0.399 e. The second kappa shape index (κ2) is 6.38. The van der Waals surface area contributed by atoms with Crippen molar-refractivity contribution in [2.45, 2.75) is 26.8 Å². The summed E-state index contributed by atoms with van der Waals surface area (Å²) in [5.41, 5.74) is 6.94. The van der Waals surface area contributed by atoms with Crippen LogP contribution in [0.5, 0.6) is 0 Å². The van der Waals surface area contributed by atoms with E-state index in [2.05, 4.69) is 0 Å². The van der Waals surface area contributed by atoms with Gasteiger partial charge in [0.05, 0.1) is 0 Å². The lowest BCUT2D eigenvalue weighted by Crippen LogP contribution is -2.36. The highest BCUT2D eigenvalue weighted by molar-refractivity contribution is 5.94. The first-order valence-corrected chi connectivity index (χ1v) is 5.22. The average molecular weight is 243 g/mol. The van der Waals surface area contributed by atoms with E-state index in [0.29, 0.717) is 11.3 Å². The number of hydrogen-bond donors (Lipinski definition) is 1. The predicted octanol–water partition coefficient (Wildman–Crippen LogP) is 2.56. The summed E-state index contributed by atoms with van der Waals surface area (Å²) in [5.74, 6) is 0.0625. The summed E-state index contributed by atoms with van der Waals surface area (Å²) in [7, 11) is 0. The molecular weight excluding hydrogens is 224 g/mol. The topological polar surface area (TPSA) is 46.3 Å². The third-order valence-corrected chi connectivity index (χ3v) is 2.38. The maximum atomic E-state index is 12.0. The van der Waals surface area contributed by atoms with Gasteiger partial charge in [-0.15, -0.1) is 12.4 Å². The monoisotopic (exact) mass is 242 g/mol. The third-order valence-electron chi connectivity index (χ3n) is 2.38. The van der Waals surface area contributed by atoms with Gasteiger partial charge in [-0.05, 0) is 45.0 Å². The molecule has 1 aromatic rings. The van der Waals surface area contributed by atoms with E-state index < -0.39 is 0 Å². The molecule has 0 radical (unpaired) electrons. The molecule has 0 aliphatic rings. The molecule has 0 saturated heterocycles. The quantitative estimate of drug-likeness (QED) is 0.829. The van der Waals surface area contributed by atoms with Crippen LogP contribution in [0.15, 0.2) is 24.3 Å². The molecule has 90 valence electrons. The lowest BCUT2D eigenvalue weighted by atomic mass is 10.1. The van der Waals surface area contributed by atoms with E-state index in [1.54, 1.807) is 24.3 Å². The molecular formula is C12H19ClN2O. The average Bonchev–Trinajstić information content (AvgIpc) is 2.19. The van der Waals surface area contributed by atoms with Gasteiger partial charge in [-0.3, -0.25) is 4.79 Å². The number of carbonyl (C=O) groups excluding carboxylic acids is 1. The fourth-order valence-corrected chi connectivity index (χ4v) is 1.53. The zero-order chi connectivity index (χ0) is 11.4. The highest BCUT2D eigenvalue weighted by Crippen LogP contribution is 2.10. The van der Waals surface area contributed by atoms with Crippen LogP contribution in [0.3, 0.4) is 0 Å². The Hall–Kier alpha value is -1.22. The Kier molecular flexibility index (Phi) is 5.89. The molecule has 2 N–H and O–H groups in total. The molecule has 16 heavy (non-hydrogen) atoms. The van der Waals surface area contributed by atoms with Gasteiger partial charge in [0, 0.05) is 23.8 Å². The molecule has 0 aromatic heterocycles. The van der Waals surface area contributed by atoms with Crippen molar-refractivity contribution in [2.75, 3.05) is 12.3 Å². The second-order valence-corrected chi connectivity index (χ2v) is 3.81. The van der Waals surface area contributed by atoms with Crippen LogP contribution in [0.4, 0.5) is 5.69 Å². The van der Waals surface area contributed by atoms with Crippen molar-refractivity contribution in [1.82, 2.24) is 4.90 Å². The molecule has 0 aliphatic carbocycles. The van der Waals surface area contributed by atoms with Gasteiger partial charge >= 0.3 is 0 Å². The maximum absolute atomic E-state index is 12.0. The molecule has 0 spiro atoms. The van der Waals surface area contributed by atoms with Crippen LogP contribution >= 0.6 is 12.4 Å². The molecule has 0 heterocycles. The molecule has 1 rings (SSSR count). The molecule has 0 aliphatic heterocycles. The molecule has 0 saturated carbocycles. The Morgan fingerprint density at radius 2 is 1.81 bits per heavy atom. The highest BCUT2D eigenvalue weighted by atomic mass is 35.5. The van der Waals surface area contributed by atoms with Crippen molar-refractivity contribution in [3.8, 4) is 0 Å². The van der Waals surface area contributed by atoms with Crippen LogP contribution < -0.4 is 5.73 Å². The Morgan fingerprint density at radius 3 is 2.19 bits per heavy atom. The molecule has 0 bridgehead atoms. The number of nitrogens with zero attached hydrogens (tertiary/aromatic N) is 1. The van der Waals surface area contributed by atoms with E-state index in [1.165, 1.54) is 0 Å². The lowest BCUT2D eigenvalue weighted by molar-refractivity contribution is 0.0717. The van der Waals surface area contributed by atoms with Gasteiger partial charge in [0.2, 0.25) is 0 Å². The number of anilines is 1. The zero-order valence-corrected chi connectivity index (χ0v) is 10.8. The Bertz CT molecular complexity index is 335. The minimum Gasteiger partial charge on any atom is -0.399 e. The van der Waals surface area contributed by atoms with Crippen molar-refractivity contribution in [2.24, 2.45) is 0 Å². The Morgan fingerprint density at radius 1 is 1.31 bits per heavy atom. The molecule has 0 fully saturated rings. The van der Waals surface area contributed by atoms with Gasteiger partial charge in [0.15, 0.2) is 0 Å². The maximum Gasteiger partial charge on any atom is 0.254 e. The highest BCUT2D eigenvalue weighted by Gasteiger charge is 2.16. The summed E-state index contributed by atoms with van der Waals surface area (Å²) >= 11 is 0. The van der Waals surface area contributed by atoms with Crippen LogP contribution in [0.25, 0.3) is 0 Å². The van der Waals surface area contributed by atoms with Gasteiger partial charge < -0.3 is 10.6 Å². The Labute approximate surface area is 103 Å². The van der Waals surface area contributed by atoms with Crippen molar-refractivity contribution < 1.29 is 4.79 Å². The van der Waals surface area contributed by atoms with E-state index in [9.17, 15) is 4.79 Å². The summed E-state index contributed by atoms with van der Waals surface area (Å²) in [6.45, 7) is 6.73. The van der Waals surface area contributed by atoms with Crippen LogP contribution in [-0.4, -0.2) is 23.4 Å². The molecule has 1 amide bonds. The smallest absolute Gasteiger partial charge is 0.254 e. The molecule has 4 heteroatoms. The number of halogens is 1. The number of carbonyl (C=O) groups is 1. The molecule has 3 nitrogen and oxygen atoms in total. The van der Waals surface area contributed by atoms with Crippen molar-refractivity contribution in [3.05, 3.63) is 29.8 Å². The van der Waals surface area contributed by atoms with Gasteiger partial charge in [0.25, 0.3) is 5.91 Å². The normalized spacial score (nSPS) is 9.75. The zero-order valence-electron chi connectivity index (χ0n) is 9.93. The van der Waals surface area contributed by atoms with Crippen LogP contribution in [0.1, 0.15) is 31.1 Å². The second-order valence-electron chi connectivity index (χ2n) is 3.81. The third kappa shape index (κ3) is 3.42. The van der Waals surface area contributed by atoms with E-state index in [1.807, 2.05) is 25.7 Å². The number of hydrogen-bond acceptors (Lipinski definition) is 2. The van der Waals surface area contributed by atoms with Crippen LogP contribution in [-0.2, 0) is 0 Å². The first kappa shape index (κ1) is 14.8. The fourth-order valence-electron chi connectivity index (χ4n) is 1.53. The first-order chi connectivity index (χ1) is 7.06.